The van der Waals surface area contributed by atoms with E-state index in [1.54, 1.807) is 12.4 Å². The molecule has 1 aliphatic rings. The van der Waals surface area contributed by atoms with Gasteiger partial charge in [0.1, 0.15) is 0 Å². The van der Waals surface area contributed by atoms with Gasteiger partial charge in [-0.15, -0.1) is 0 Å². The summed E-state index contributed by atoms with van der Waals surface area (Å²) in [5, 5.41) is 3.30. The van der Waals surface area contributed by atoms with Crippen LogP contribution >= 0.6 is 0 Å². The largest absolute Gasteiger partial charge is 0.373 e. The van der Waals surface area contributed by atoms with Gasteiger partial charge in [0.15, 0.2) is 0 Å². The van der Waals surface area contributed by atoms with E-state index in [1.165, 1.54) is 16.8 Å². The Kier molecular flexibility index (Phi) is 3.08. The van der Waals surface area contributed by atoms with Crippen molar-refractivity contribution in [2.75, 3.05) is 23.8 Å². The summed E-state index contributed by atoms with van der Waals surface area (Å²) in [7, 11) is 2.16. The molecule has 3 rings (SSSR count). The van der Waals surface area contributed by atoms with Gasteiger partial charge in [0.25, 0.3) is 0 Å². The Labute approximate surface area is 119 Å². The molecule has 0 amide bonds. The monoisotopic (exact) mass is 268 g/mol. The first-order valence-electron chi connectivity index (χ1n) is 6.92. The van der Waals surface area contributed by atoms with Gasteiger partial charge in [0.05, 0.1) is 0 Å². The fourth-order valence-electron chi connectivity index (χ4n) is 3.16. The Morgan fingerprint density at radius 1 is 1.20 bits per heavy atom. The first-order valence-corrected chi connectivity index (χ1v) is 6.92. The third-order valence-electron chi connectivity index (χ3n) is 3.85. The predicted molar refractivity (Wildman–Crippen MR) is 82.1 cm³/mol. The summed E-state index contributed by atoms with van der Waals surface area (Å²) in [6.45, 7) is 6.42. The Hall–Kier alpha value is -2.10. The third kappa shape index (κ3) is 2.22. The molecule has 4 nitrogen and oxygen atoms in total. The molecule has 1 N–H and O–H groups in total. The quantitative estimate of drug-likeness (QED) is 0.929. The Bertz CT molecular complexity index is 607. The van der Waals surface area contributed by atoms with Crippen molar-refractivity contribution in [3.8, 4) is 0 Å². The molecule has 4 heteroatoms. The van der Waals surface area contributed by atoms with Crippen LogP contribution in [0.15, 0.2) is 36.7 Å². The van der Waals surface area contributed by atoms with Gasteiger partial charge in [-0.2, -0.15) is 0 Å². The molecule has 0 saturated heterocycles. The van der Waals surface area contributed by atoms with E-state index < -0.39 is 0 Å². The van der Waals surface area contributed by atoms with Gasteiger partial charge >= 0.3 is 0 Å². The molecule has 0 bridgehead atoms. The summed E-state index contributed by atoms with van der Waals surface area (Å²) in [4.78, 5) is 10.7. The van der Waals surface area contributed by atoms with Gasteiger partial charge in [0.2, 0.25) is 5.95 Å². The first-order chi connectivity index (χ1) is 9.58. The van der Waals surface area contributed by atoms with Gasteiger partial charge < -0.3 is 10.2 Å². The smallest absolute Gasteiger partial charge is 0.222 e. The SMILES string of the molecule is CN1CC(C)(C)c2c(CNc3ncccn3)cccc21. The van der Waals surface area contributed by atoms with Gasteiger partial charge in [-0.3, -0.25) is 0 Å². The molecule has 0 atom stereocenters. The van der Waals surface area contributed by atoms with Crippen LogP contribution in [0.1, 0.15) is 25.0 Å². The van der Waals surface area contributed by atoms with E-state index in [2.05, 4.69) is 59.3 Å². The van der Waals surface area contributed by atoms with Crippen LogP contribution in [-0.4, -0.2) is 23.6 Å². The predicted octanol–water partition coefficient (Wildman–Crippen LogP) is 2.82. The van der Waals surface area contributed by atoms with Gasteiger partial charge in [-0.1, -0.05) is 26.0 Å². The maximum atomic E-state index is 4.21. The number of likely N-dealkylation sites (N-methyl/N-ethyl adjacent to an activating group) is 1. The summed E-state index contributed by atoms with van der Waals surface area (Å²) in [6, 6.07) is 8.34. The lowest BCUT2D eigenvalue weighted by atomic mass is 9.84. The van der Waals surface area contributed by atoms with Crippen molar-refractivity contribution >= 4 is 11.6 Å². The average Bonchev–Trinajstić information content (AvgIpc) is 2.68. The highest BCUT2D eigenvalue weighted by molar-refractivity contribution is 5.64. The number of rotatable bonds is 3. The molecule has 0 spiro atoms. The minimum atomic E-state index is 0.180. The average molecular weight is 268 g/mol. The third-order valence-corrected chi connectivity index (χ3v) is 3.85. The molecular weight excluding hydrogens is 248 g/mol. The number of aromatic nitrogens is 2. The van der Waals surface area contributed by atoms with E-state index in [9.17, 15) is 0 Å². The number of hydrogen-bond donors (Lipinski definition) is 1. The number of nitrogens with one attached hydrogen (secondary N) is 1. The van der Waals surface area contributed by atoms with Crippen molar-refractivity contribution in [3.05, 3.63) is 47.8 Å². The number of anilines is 2. The maximum Gasteiger partial charge on any atom is 0.222 e. The zero-order chi connectivity index (χ0) is 14.2. The van der Waals surface area contributed by atoms with Crippen molar-refractivity contribution in [1.82, 2.24) is 9.97 Å². The van der Waals surface area contributed by atoms with Crippen molar-refractivity contribution in [3.63, 3.8) is 0 Å². The standard InChI is InChI=1S/C16H20N4/c1-16(2)11-20(3)13-7-4-6-12(14(13)16)10-19-15-17-8-5-9-18-15/h4-9H,10-11H2,1-3H3,(H,17,18,19). The van der Waals surface area contributed by atoms with E-state index in [4.69, 9.17) is 0 Å². The Morgan fingerprint density at radius 2 is 1.95 bits per heavy atom. The van der Waals surface area contributed by atoms with Crippen LogP contribution in [0, 0.1) is 0 Å². The molecule has 1 aromatic carbocycles. The Morgan fingerprint density at radius 3 is 2.70 bits per heavy atom. The number of nitrogens with zero attached hydrogens (tertiary/aromatic N) is 3. The van der Waals surface area contributed by atoms with Crippen LogP contribution in [0.3, 0.4) is 0 Å². The molecule has 0 radical (unpaired) electrons. The number of fused-ring (bicyclic) bond motifs is 1. The number of benzene rings is 1. The lowest BCUT2D eigenvalue weighted by molar-refractivity contribution is 0.559. The summed E-state index contributed by atoms with van der Waals surface area (Å²) in [6.07, 6.45) is 3.50. The van der Waals surface area contributed by atoms with E-state index in [1.807, 2.05) is 6.07 Å². The molecule has 2 aromatic rings. The van der Waals surface area contributed by atoms with Crippen LogP contribution in [-0.2, 0) is 12.0 Å². The van der Waals surface area contributed by atoms with Crippen LogP contribution in [0.5, 0.6) is 0 Å². The first kappa shape index (κ1) is 12.9. The fourth-order valence-corrected chi connectivity index (χ4v) is 3.16. The molecule has 0 aliphatic carbocycles. The molecule has 0 saturated carbocycles. The van der Waals surface area contributed by atoms with Crippen LogP contribution < -0.4 is 10.2 Å². The fraction of sp³-hybridized carbons (Fsp3) is 0.375. The molecule has 1 aliphatic heterocycles. The van der Waals surface area contributed by atoms with E-state index in [0.717, 1.165) is 13.1 Å². The topological polar surface area (TPSA) is 41.0 Å². The second-order valence-electron chi connectivity index (χ2n) is 5.98. The highest BCUT2D eigenvalue weighted by Gasteiger charge is 2.35. The summed E-state index contributed by atoms with van der Waals surface area (Å²) < 4.78 is 0. The second kappa shape index (κ2) is 4.78. The summed E-state index contributed by atoms with van der Waals surface area (Å²) >= 11 is 0. The molecule has 0 unspecified atom stereocenters. The molecule has 104 valence electrons. The second-order valence-corrected chi connectivity index (χ2v) is 5.98. The lowest BCUT2D eigenvalue weighted by Crippen LogP contribution is -2.25. The van der Waals surface area contributed by atoms with E-state index in [0.29, 0.717) is 5.95 Å². The van der Waals surface area contributed by atoms with Crippen molar-refractivity contribution < 1.29 is 0 Å². The van der Waals surface area contributed by atoms with Crippen LogP contribution in [0.25, 0.3) is 0 Å². The van der Waals surface area contributed by atoms with Gasteiger partial charge in [-0.25, -0.2) is 9.97 Å². The molecular formula is C16H20N4. The highest BCUT2D eigenvalue weighted by Crippen LogP contribution is 2.41. The summed E-state index contributed by atoms with van der Waals surface area (Å²) in [5.41, 5.74) is 4.28. The zero-order valence-electron chi connectivity index (χ0n) is 12.2. The van der Waals surface area contributed by atoms with Crippen LogP contribution in [0.4, 0.5) is 11.6 Å². The minimum Gasteiger partial charge on any atom is -0.373 e. The zero-order valence-corrected chi connectivity index (χ0v) is 12.2. The van der Waals surface area contributed by atoms with Crippen molar-refractivity contribution in [2.45, 2.75) is 25.8 Å². The maximum absolute atomic E-state index is 4.21. The molecule has 0 fully saturated rings. The minimum absolute atomic E-state index is 0.180. The van der Waals surface area contributed by atoms with Gasteiger partial charge in [0, 0.05) is 43.6 Å². The molecule has 2 heterocycles. The summed E-state index contributed by atoms with van der Waals surface area (Å²) in [5.74, 6) is 0.675. The van der Waals surface area contributed by atoms with Crippen molar-refractivity contribution in [1.29, 1.82) is 0 Å². The lowest BCUT2D eigenvalue weighted by Gasteiger charge is -2.21. The molecule has 1 aromatic heterocycles. The van der Waals surface area contributed by atoms with Gasteiger partial charge in [-0.05, 0) is 23.3 Å². The van der Waals surface area contributed by atoms with E-state index >= 15 is 0 Å². The normalized spacial score (nSPS) is 16.1. The van der Waals surface area contributed by atoms with Crippen molar-refractivity contribution in [2.24, 2.45) is 0 Å². The Balaban J connectivity index is 1.89. The van der Waals surface area contributed by atoms with E-state index in [-0.39, 0.29) is 5.41 Å². The van der Waals surface area contributed by atoms with Crippen LogP contribution in [0.2, 0.25) is 0 Å². The molecule has 20 heavy (non-hydrogen) atoms. The number of hydrogen-bond acceptors (Lipinski definition) is 4. The highest BCUT2D eigenvalue weighted by atomic mass is 15.1.